The summed E-state index contributed by atoms with van der Waals surface area (Å²) < 4.78 is 0. The molecule has 0 amide bonds. The van der Waals surface area contributed by atoms with Gasteiger partial charge in [0.15, 0.2) is 0 Å². The molecule has 0 radical (unpaired) electrons. The smallest absolute Gasteiger partial charge is 0.376 e. The Morgan fingerprint density at radius 2 is 0.889 bits per heavy atom. The average molecular weight is 292 g/mol. The minimum Gasteiger partial charge on any atom is -0.376 e. The summed E-state index contributed by atoms with van der Waals surface area (Å²) in [5.74, 6) is 0. The van der Waals surface area contributed by atoms with Gasteiger partial charge in [0.05, 0.1) is 12.6 Å². The van der Waals surface area contributed by atoms with Gasteiger partial charge in [0.2, 0.25) is 0 Å². The van der Waals surface area contributed by atoms with E-state index in [0.29, 0.717) is 11.1 Å². The van der Waals surface area contributed by atoms with Gasteiger partial charge in [-0.3, -0.25) is 0 Å². The van der Waals surface area contributed by atoms with E-state index >= 15 is 0 Å². The molecule has 0 spiro atoms. The number of benzene rings is 2. The van der Waals surface area contributed by atoms with Gasteiger partial charge in [0.1, 0.15) is 0 Å². The predicted molar refractivity (Wildman–Crippen MR) is 69.2 cm³/mol. The fraction of sp³-hybridized carbons (Fsp3) is 0.0667. The molecular weight excluding hydrogens is 278 g/mol. The van der Waals surface area contributed by atoms with Crippen LogP contribution in [0.1, 0.15) is 18.6 Å². The van der Waals surface area contributed by atoms with E-state index < -0.39 is 0 Å². The van der Waals surface area contributed by atoms with E-state index in [2.05, 4.69) is 0 Å². The zero-order valence-electron chi connectivity index (χ0n) is 9.30. The molecule has 0 N–H and O–H groups in total. The van der Waals surface area contributed by atoms with Crippen molar-refractivity contribution in [1.29, 1.82) is 0 Å². The first-order chi connectivity index (χ1) is 7.86. The molecule has 2 nitrogen and oxygen atoms in total. The Morgan fingerprint density at radius 3 is 1.06 bits per heavy atom. The van der Waals surface area contributed by atoms with Gasteiger partial charge in [-0.25, -0.2) is 0 Å². The SMILES string of the molecule is C.O=[C-]c1ccccc1.O=[C-]c1ccccc1.[Zn+2]. The summed E-state index contributed by atoms with van der Waals surface area (Å²) >= 11 is 0. The first kappa shape index (κ1) is 18.8. The molecule has 0 bridgehead atoms. The molecule has 0 heterocycles. The molecule has 0 atom stereocenters. The second-order valence-electron chi connectivity index (χ2n) is 2.94. The minimum atomic E-state index is 0. The van der Waals surface area contributed by atoms with Gasteiger partial charge in [-0.2, -0.15) is 35.4 Å². The molecule has 0 unspecified atom stereocenters. The van der Waals surface area contributed by atoms with E-state index in [0.717, 1.165) is 0 Å². The molecule has 3 heteroatoms. The monoisotopic (exact) mass is 290 g/mol. The van der Waals surface area contributed by atoms with Crippen LogP contribution in [-0.4, -0.2) is 12.6 Å². The standard InChI is InChI=1S/2C7H5O.CH4.Zn/c2*8-6-7-4-2-1-3-5-7;;/h2*1-5H;1H4;/q2*-1;;+2. The molecule has 2 aromatic rings. The van der Waals surface area contributed by atoms with Crippen molar-refractivity contribution in [2.75, 3.05) is 0 Å². The second-order valence-corrected chi connectivity index (χ2v) is 2.94. The van der Waals surface area contributed by atoms with E-state index in [1.54, 1.807) is 61.1 Å². The van der Waals surface area contributed by atoms with E-state index in [-0.39, 0.29) is 26.9 Å². The number of hydrogen-bond acceptors (Lipinski definition) is 2. The van der Waals surface area contributed by atoms with Crippen molar-refractivity contribution in [2.45, 2.75) is 7.43 Å². The maximum atomic E-state index is 9.88. The Morgan fingerprint density at radius 1 is 0.611 bits per heavy atom. The molecule has 0 saturated carbocycles. The van der Waals surface area contributed by atoms with Crippen LogP contribution in [0.25, 0.3) is 0 Å². The molecule has 88 valence electrons. The maximum Gasteiger partial charge on any atom is 2.00 e. The summed E-state index contributed by atoms with van der Waals surface area (Å²) in [5, 5.41) is 0. The van der Waals surface area contributed by atoms with Gasteiger partial charge in [0, 0.05) is 0 Å². The fourth-order valence-corrected chi connectivity index (χ4v) is 1.01. The van der Waals surface area contributed by atoms with Gasteiger partial charge in [-0.15, -0.1) is 24.3 Å². The van der Waals surface area contributed by atoms with Crippen LogP contribution in [-0.2, 0) is 29.1 Å². The van der Waals surface area contributed by atoms with E-state index in [4.69, 9.17) is 0 Å². The Balaban J connectivity index is 0. The van der Waals surface area contributed by atoms with Gasteiger partial charge in [-0.05, 0) is 0 Å². The van der Waals surface area contributed by atoms with E-state index in [1.807, 2.05) is 12.1 Å². The zero-order valence-corrected chi connectivity index (χ0v) is 12.3. The molecule has 2 rings (SSSR count). The fourth-order valence-electron chi connectivity index (χ4n) is 1.01. The van der Waals surface area contributed by atoms with Crippen molar-refractivity contribution in [3.05, 3.63) is 71.8 Å². The van der Waals surface area contributed by atoms with Gasteiger partial charge in [-0.1, -0.05) is 19.6 Å². The third kappa shape index (κ3) is 7.64. The molecule has 0 fully saturated rings. The third-order valence-electron chi connectivity index (χ3n) is 1.78. The number of hydrogen-bond donors (Lipinski definition) is 0. The second kappa shape index (κ2) is 11.9. The molecule has 0 saturated heterocycles. The number of rotatable bonds is 2. The van der Waals surface area contributed by atoms with Crippen LogP contribution in [0, 0.1) is 0 Å². The van der Waals surface area contributed by atoms with Gasteiger partial charge >= 0.3 is 19.5 Å². The van der Waals surface area contributed by atoms with Crippen LogP contribution < -0.4 is 0 Å². The Labute approximate surface area is 121 Å². The number of carbonyl (C=O) groups excluding carboxylic acids is 2. The quantitative estimate of drug-likeness (QED) is 0.630. The van der Waals surface area contributed by atoms with Crippen LogP contribution >= 0.6 is 0 Å². The first-order valence-electron chi connectivity index (χ1n) is 4.73. The van der Waals surface area contributed by atoms with E-state index in [1.165, 1.54) is 0 Å². The third-order valence-corrected chi connectivity index (χ3v) is 1.78. The van der Waals surface area contributed by atoms with Crippen molar-refractivity contribution in [3.8, 4) is 0 Å². The Hall–Kier alpha value is -1.60. The van der Waals surface area contributed by atoms with Crippen molar-refractivity contribution in [3.63, 3.8) is 0 Å². The van der Waals surface area contributed by atoms with Crippen LogP contribution in [0.2, 0.25) is 0 Å². The normalized spacial score (nSPS) is 7.56. The first-order valence-corrected chi connectivity index (χ1v) is 4.73. The van der Waals surface area contributed by atoms with Crippen molar-refractivity contribution < 1.29 is 29.1 Å². The summed E-state index contributed by atoms with van der Waals surface area (Å²) in [4.78, 5) is 19.8. The molecule has 0 aliphatic heterocycles. The summed E-state index contributed by atoms with van der Waals surface area (Å²) in [6.45, 7) is 0. The van der Waals surface area contributed by atoms with Crippen LogP contribution in [0.5, 0.6) is 0 Å². The maximum absolute atomic E-state index is 9.88. The Kier molecular flexibility index (Phi) is 12.4. The Bertz CT molecular complexity index is 383. The molecule has 0 aliphatic carbocycles. The van der Waals surface area contributed by atoms with E-state index in [9.17, 15) is 9.59 Å². The molecule has 0 aliphatic rings. The van der Waals surface area contributed by atoms with Crippen LogP contribution in [0.4, 0.5) is 0 Å². The van der Waals surface area contributed by atoms with Gasteiger partial charge in [0.25, 0.3) is 0 Å². The summed E-state index contributed by atoms with van der Waals surface area (Å²) in [6, 6.07) is 17.8. The van der Waals surface area contributed by atoms with Crippen LogP contribution in [0.15, 0.2) is 60.7 Å². The topological polar surface area (TPSA) is 34.1 Å². The molecule has 2 aromatic carbocycles. The average Bonchev–Trinajstić information content (AvgIpc) is 2.41. The summed E-state index contributed by atoms with van der Waals surface area (Å²) in [6.07, 6.45) is 3.55. The predicted octanol–water partition coefficient (Wildman–Crippen LogP) is 2.92. The largest absolute Gasteiger partial charge is 2.00 e. The summed E-state index contributed by atoms with van der Waals surface area (Å²) in [7, 11) is 0. The minimum absolute atomic E-state index is 0. The van der Waals surface area contributed by atoms with Crippen molar-refractivity contribution in [2.24, 2.45) is 0 Å². The molecule has 0 aromatic heterocycles. The van der Waals surface area contributed by atoms with Crippen LogP contribution in [0.3, 0.4) is 0 Å². The van der Waals surface area contributed by atoms with Gasteiger partial charge < -0.3 is 9.59 Å². The van der Waals surface area contributed by atoms with Crippen molar-refractivity contribution >= 4 is 12.6 Å². The molecular formula is C15H14O2Zn. The summed E-state index contributed by atoms with van der Waals surface area (Å²) in [5.41, 5.74) is 1.21. The molecule has 18 heavy (non-hydrogen) atoms. The van der Waals surface area contributed by atoms with Crippen molar-refractivity contribution in [1.82, 2.24) is 0 Å². The zero-order chi connectivity index (χ0) is 11.6.